The molecule has 0 aliphatic heterocycles. The predicted octanol–water partition coefficient (Wildman–Crippen LogP) is 3.15. The maximum atomic E-state index is 11.8. The number of rotatable bonds is 6. The Bertz CT molecular complexity index is 654. The number of anilines is 2. The van der Waals surface area contributed by atoms with Crippen molar-refractivity contribution in [2.45, 2.75) is 39.8 Å². The van der Waals surface area contributed by atoms with Crippen LogP contribution in [-0.4, -0.2) is 28.3 Å². The van der Waals surface area contributed by atoms with E-state index >= 15 is 0 Å². The smallest absolute Gasteiger partial charge is 0.271 e. The normalized spacial score (nSPS) is 10.7. The van der Waals surface area contributed by atoms with Crippen LogP contribution in [0, 0.1) is 0 Å². The molecule has 6 nitrogen and oxygen atoms in total. The highest BCUT2D eigenvalue weighted by Crippen LogP contribution is 2.27. The molecular weight excluding hydrogens is 292 g/mol. The number of aromatic nitrogens is 2. The lowest BCUT2D eigenvalue weighted by molar-refractivity contribution is 0.0937. The molecule has 122 valence electrons. The van der Waals surface area contributed by atoms with E-state index in [9.17, 15) is 4.79 Å². The van der Waals surface area contributed by atoms with E-state index in [0.717, 1.165) is 11.4 Å². The number of ether oxygens (including phenoxy) is 1. The van der Waals surface area contributed by atoms with Gasteiger partial charge in [-0.25, -0.2) is 0 Å². The average molecular weight is 314 g/mol. The van der Waals surface area contributed by atoms with Crippen LogP contribution in [0.25, 0.3) is 0 Å². The lowest BCUT2D eigenvalue weighted by atomic mass is 10.2. The van der Waals surface area contributed by atoms with Gasteiger partial charge in [-0.05, 0) is 52.0 Å². The monoisotopic (exact) mass is 314 g/mol. The van der Waals surface area contributed by atoms with E-state index in [2.05, 4.69) is 20.8 Å². The van der Waals surface area contributed by atoms with Gasteiger partial charge in [-0.15, -0.1) is 10.2 Å². The van der Waals surface area contributed by atoms with Gasteiger partial charge < -0.3 is 15.4 Å². The highest BCUT2D eigenvalue weighted by molar-refractivity contribution is 5.92. The molecule has 6 heteroatoms. The summed E-state index contributed by atoms with van der Waals surface area (Å²) in [5, 5.41) is 13.9. The molecule has 0 atom stereocenters. The van der Waals surface area contributed by atoms with Gasteiger partial charge in [-0.3, -0.25) is 4.79 Å². The first-order valence-electron chi connectivity index (χ1n) is 7.63. The summed E-state index contributed by atoms with van der Waals surface area (Å²) in [6.45, 7) is 7.73. The van der Waals surface area contributed by atoms with Crippen LogP contribution in [-0.2, 0) is 0 Å². The molecule has 0 spiro atoms. The quantitative estimate of drug-likeness (QED) is 0.856. The molecule has 0 aliphatic rings. The summed E-state index contributed by atoms with van der Waals surface area (Å²) in [4.78, 5) is 11.8. The molecule has 1 aromatic heterocycles. The Morgan fingerprint density at radius 3 is 2.39 bits per heavy atom. The van der Waals surface area contributed by atoms with Gasteiger partial charge in [0, 0.05) is 6.04 Å². The van der Waals surface area contributed by atoms with Crippen molar-refractivity contribution in [1.29, 1.82) is 0 Å². The van der Waals surface area contributed by atoms with Gasteiger partial charge in [0.2, 0.25) is 0 Å². The number of hydrogen-bond donors (Lipinski definition) is 2. The van der Waals surface area contributed by atoms with Gasteiger partial charge in [-0.2, -0.15) is 0 Å². The third kappa shape index (κ3) is 4.95. The van der Waals surface area contributed by atoms with Crippen molar-refractivity contribution in [3.05, 3.63) is 42.1 Å². The zero-order valence-electron chi connectivity index (χ0n) is 13.8. The van der Waals surface area contributed by atoms with E-state index in [1.807, 2.05) is 52.0 Å². The molecule has 0 fully saturated rings. The Labute approximate surface area is 136 Å². The second-order valence-electron chi connectivity index (χ2n) is 5.72. The summed E-state index contributed by atoms with van der Waals surface area (Å²) in [5.41, 5.74) is 1.09. The molecule has 1 amide bonds. The summed E-state index contributed by atoms with van der Waals surface area (Å²) in [7, 11) is 0. The van der Waals surface area contributed by atoms with Crippen molar-refractivity contribution in [2.24, 2.45) is 0 Å². The second kappa shape index (κ2) is 7.58. The lowest BCUT2D eigenvalue weighted by Crippen LogP contribution is -2.30. The zero-order chi connectivity index (χ0) is 16.8. The Morgan fingerprint density at radius 2 is 1.78 bits per heavy atom. The lowest BCUT2D eigenvalue weighted by Gasteiger charge is -2.15. The van der Waals surface area contributed by atoms with Crippen molar-refractivity contribution in [3.63, 3.8) is 0 Å². The number of amides is 1. The van der Waals surface area contributed by atoms with Crippen LogP contribution >= 0.6 is 0 Å². The number of nitrogens with one attached hydrogen (secondary N) is 2. The molecule has 0 saturated carbocycles. The maximum absolute atomic E-state index is 11.8. The van der Waals surface area contributed by atoms with Crippen LogP contribution in [0.1, 0.15) is 38.2 Å². The van der Waals surface area contributed by atoms with Crippen molar-refractivity contribution in [1.82, 2.24) is 15.5 Å². The fraction of sp³-hybridized carbons (Fsp3) is 0.353. The SMILES string of the molecule is CC(C)NC(=O)c1ccc(Nc2ccccc2OC(C)C)nn1. The molecule has 1 heterocycles. The fourth-order valence-corrected chi connectivity index (χ4v) is 1.92. The number of para-hydroxylation sites is 2. The van der Waals surface area contributed by atoms with E-state index in [1.165, 1.54) is 0 Å². The van der Waals surface area contributed by atoms with Gasteiger partial charge >= 0.3 is 0 Å². The standard InChI is InChI=1S/C17H22N4O2/c1-11(2)18-17(22)14-9-10-16(21-20-14)19-13-7-5-6-8-15(13)23-12(3)4/h5-12H,1-4H3,(H,18,22)(H,19,21). The minimum Gasteiger partial charge on any atom is -0.489 e. The molecule has 23 heavy (non-hydrogen) atoms. The Balaban J connectivity index is 2.11. The minimum absolute atomic E-state index is 0.0576. The third-order valence-electron chi connectivity index (χ3n) is 2.83. The van der Waals surface area contributed by atoms with Crippen molar-refractivity contribution < 1.29 is 9.53 Å². The molecule has 0 radical (unpaired) electrons. The molecule has 2 aromatic rings. The largest absolute Gasteiger partial charge is 0.489 e. The van der Waals surface area contributed by atoms with E-state index in [-0.39, 0.29) is 23.7 Å². The van der Waals surface area contributed by atoms with Crippen LogP contribution in [0.15, 0.2) is 36.4 Å². The maximum Gasteiger partial charge on any atom is 0.271 e. The van der Waals surface area contributed by atoms with Crippen LogP contribution in [0.2, 0.25) is 0 Å². The topological polar surface area (TPSA) is 76.1 Å². The Morgan fingerprint density at radius 1 is 1.04 bits per heavy atom. The third-order valence-corrected chi connectivity index (χ3v) is 2.83. The minimum atomic E-state index is -0.234. The van der Waals surface area contributed by atoms with Crippen LogP contribution in [0.4, 0.5) is 11.5 Å². The molecule has 2 N–H and O–H groups in total. The van der Waals surface area contributed by atoms with Gasteiger partial charge in [-0.1, -0.05) is 12.1 Å². The second-order valence-corrected chi connectivity index (χ2v) is 5.72. The first kappa shape index (κ1) is 16.7. The summed E-state index contributed by atoms with van der Waals surface area (Å²) in [5.74, 6) is 1.06. The summed E-state index contributed by atoms with van der Waals surface area (Å²) >= 11 is 0. The average Bonchev–Trinajstić information content (AvgIpc) is 2.49. The molecule has 0 bridgehead atoms. The van der Waals surface area contributed by atoms with E-state index in [1.54, 1.807) is 12.1 Å². The summed E-state index contributed by atoms with van der Waals surface area (Å²) < 4.78 is 5.75. The van der Waals surface area contributed by atoms with Crippen molar-refractivity contribution >= 4 is 17.4 Å². The van der Waals surface area contributed by atoms with Gasteiger partial charge in [0.25, 0.3) is 5.91 Å². The summed E-state index contributed by atoms with van der Waals surface area (Å²) in [6.07, 6.45) is 0.0751. The molecular formula is C17H22N4O2. The molecule has 2 rings (SSSR count). The van der Waals surface area contributed by atoms with Gasteiger partial charge in [0.1, 0.15) is 5.75 Å². The van der Waals surface area contributed by atoms with Crippen LogP contribution in [0.3, 0.4) is 0 Å². The number of carbonyl (C=O) groups excluding carboxylic acids is 1. The number of nitrogens with zero attached hydrogens (tertiary/aromatic N) is 2. The fourth-order valence-electron chi connectivity index (χ4n) is 1.92. The van der Waals surface area contributed by atoms with E-state index in [4.69, 9.17) is 4.74 Å². The van der Waals surface area contributed by atoms with Crippen LogP contribution < -0.4 is 15.4 Å². The van der Waals surface area contributed by atoms with Crippen molar-refractivity contribution in [3.8, 4) is 5.75 Å². The Hall–Kier alpha value is -2.63. The first-order chi connectivity index (χ1) is 11.0. The molecule has 0 saturated heterocycles. The van der Waals surface area contributed by atoms with Gasteiger partial charge in [0.05, 0.1) is 11.8 Å². The van der Waals surface area contributed by atoms with E-state index < -0.39 is 0 Å². The molecule has 1 aromatic carbocycles. The van der Waals surface area contributed by atoms with E-state index in [0.29, 0.717) is 5.82 Å². The number of hydrogen-bond acceptors (Lipinski definition) is 5. The molecule has 0 aliphatic carbocycles. The number of carbonyl (C=O) groups is 1. The Kier molecular flexibility index (Phi) is 5.51. The number of benzene rings is 1. The zero-order valence-corrected chi connectivity index (χ0v) is 13.8. The summed E-state index contributed by atoms with van der Waals surface area (Å²) in [6, 6.07) is 11.0. The van der Waals surface area contributed by atoms with Crippen molar-refractivity contribution in [2.75, 3.05) is 5.32 Å². The highest BCUT2D eigenvalue weighted by atomic mass is 16.5. The molecule has 0 unspecified atom stereocenters. The van der Waals surface area contributed by atoms with Gasteiger partial charge in [0.15, 0.2) is 11.5 Å². The predicted molar refractivity (Wildman–Crippen MR) is 90.1 cm³/mol. The van der Waals surface area contributed by atoms with Crippen LogP contribution in [0.5, 0.6) is 5.75 Å². The first-order valence-corrected chi connectivity index (χ1v) is 7.63. The highest BCUT2D eigenvalue weighted by Gasteiger charge is 2.10.